The van der Waals surface area contributed by atoms with Gasteiger partial charge in [0.2, 0.25) is 0 Å². The van der Waals surface area contributed by atoms with E-state index in [1.54, 1.807) is 0 Å². The van der Waals surface area contributed by atoms with Crippen molar-refractivity contribution in [3.63, 3.8) is 0 Å². The van der Waals surface area contributed by atoms with Crippen LogP contribution < -0.4 is 5.73 Å². The van der Waals surface area contributed by atoms with Crippen LogP contribution >= 0.6 is 0 Å². The Kier molecular flexibility index (Phi) is 2.55. The highest BCUT2D eigenvalue weighted by Crippen LogP contribution is 2.38. The minimum Gasteiger partial charge on any atom is -0.325 e. The number of non-ortho nitro benzene ring substituents is 1. The molecule has 0 saturated heterocycles. The van der Waals surface area contributed by atoms with Gasteiger partial charge in [0.05, 0.1) is 15.9 Å². The normalized spacial score (nSPS) is 16.5. The highest BCUT2D eigenvalue weighted by molar-refractivity contribution is 5.50. The fraction of sp³-hybridized carbons (Fsp3) is 0.400. The molecule has 1 fully saturated rings. The molecule has 0 aliphatic heterocycles. The van der Waals surface area contributed by atoms with E-state index in [2.05, 4.69) is 0 Å². The number of nitro benzene ring substituents is 2. The monoisotopic (exact) mass is 237 g/mol. The molecule has 0 aromatic heterocycles. The first-order valence-corrected chi connectivity index (χ1v) is 5.12. The minimum absolute atomic E-state index is 0.226. The van der Waals surface area contributed by atoms with Gasteiger partial charge in [0.15, 0.2) is 0 Å². The van der Waals surface area contributed by atoms with E-state index < -0.39 is 9.85 Å². The standard InChI is InChI=1S/C10H11N3O4/c11-10(3-4-10)6-7-1-2-8(12(14)15)5-9(7)13(16)17/h1-2,5H,3-4,6,11H2. The third kappa shape index (κ3) is 2.39. The summed E-state index contributed by atoms with van der Waals surface area (Å²) in [5, 5.41) is 21.4. The topological polar surface area (TPSA) is 112 Å². The summed E-state index contributed by atoms with van der Waals surface area (Å²) in [5.74, 6) is 0. The summed E-state index contributed by atoms with van der Waals surface area (Å²) in [4.78, 5) is 20.1. The van der Waals surface area contributed by atoms with Crippen molar-refractivity contribution < 1.29 is 9.85 Å². The molecule has 1 aromatic rings. The summed E-state index contributed by atoms with van der Waals surface area (Å²) in [6.45, 7) is 0. The van der Waals surface area contributed by atoms with Crippen molar-refractivity contribution in [1.82, 2.24) is 0 Å². The van der Waals surface area contributed by atoms with Crippen LogP contribution in [0, 0.1) is 20.2 Å². The molecule has 2 rings (SSSR count). The smallest absolute Gasteiger partial charge is 0.279 e. The Bertz CT molecular complexity index is 496. The van der Waals surface area contributed by atoms with Crippen molar-refractivity contribution in [2.24, 2.45) is 5.73 Å². The second-order valence-corrected chi connectivity index (χ2v) is 4.37. The van der Waals surface area contributed by atoms with Crippen LogP contribution in [0.3, 0.4) is 0 Å². The van der Waals surface area contributed by atoms with Crippen molar-refractivity contribution >= 4 is 11.4 Å². The maximum Gasteiger partial charge on any atom is 0.279 e. The van der Waals surface area contributed by atoms with Gasteiger partial charge < -0.3 is 5.73 Å². The molecule has 0 bridgehead atoms. The number of nitrogens with zero attached hydrogens (tertiary/aromatic N) is 2. The van der Waals surface area contributed by atoms with E-state index in [9.17, 15) is 20.2 Å². The first kappa shape index (κ1) is 11.5. The van der Waals surface area contributed by atoms with Gasteiger partial charge in [-0.25, -0.2) is 0 Å². The van der Waals surface area contributed by atoms with E-state index in [-0.39, 0.29) is 16.9 Å². The van der Waals surface area contributed by atoms with Gasteiger partial charge in [0, 0.05) is 17.2 Å². The largest absolute Gasteiger partial charge is 0.325 e. The van der Waals surface area contributed by atoms with Gasteiger partial charge >= 0.3 is 0 Å². The molecule has 0 spiro atoms. The summed E-state index contributed by atoms with van der Waals surface area (Å²) in [5.41, 5.74) is 5.49. The van der Waals surface area contributed by atoms with Crippen LogP contribution in [0.15, 0.2) is 18.2 Å². The molecule has 1 aromatic carbocycles. The second-order valence-electron chi connectivity index (χ2n) is 4.37. The van der Waals surface area contributed by atoms with Crippen LogP contribution in [-0.4, -0.2) is 15.4 Å². The highest BCUT2D eigenvalue weighted by Gasteiger charge is 2.39. The summed E-state index contributed by atoms with van der Waals surface area (Å²) in [6.07, 6.45) is 2.06. The maximum atomic E-state index is 10.8. The predicted molar refractivity (Wildman–Crippen MR) is 59.6 cm³/mol. The van der Waals surface area contributed by atoms with Crippen LogP contribution in [0.25, 0.3) is 0 Å². The summed E-state index contributed by atoms with van der Waals surface area (Å²) < 4.78 is 0. The Morgan fingerprint density at radius 3 is 2.35 bits per heavy atom. The zero-order valence-corrected chi connectivity index (χ0v) is 8.96. The third-order valence-corrected chi connectivity index (χ3v) is 2.91. The summed E-state index contributed by atoms with van der Waals surface area (Å²) in [7, 11) is 0. The van der Waals surface area contributed by atoms with Crippen LogP contribution in [0.1, 0.15) is 18.4 Å². The molecule has 0 amide bonds. The number of nitrogens with two attached hydrogens (primary N) is 1. The molecule has 7 nitrogen and oxygen atoms in total. The lowest BCUT2D eigenvalue weighted by molar-refractivity contribution is -0.394. The van der Waals surface area contributed by atoms with Crippen molar-refractivity contribution in [1.29, 1.82) is 0 Å². The lowest BCUT2D eigenvalue weighted by atomic mass is 10.0. The SMILES string of the molecule is NC1(Cc2ccc([N+](=O)[O-])cc2[N+](=O)[O-])CC1. The van der Waals surface area contributed by atoms with E-state index >= 15 is 0 Å². The van der Waals surface area contributed by atoms with E-state index in [0.29, 0.717) is 12.0 Å². The quantitative estimate of drug-likeness (QED) is 0.630. The van der Waals surface area contributed by atoms with Gasteiger partial charge in [0.25, 0.3) is 11.4 Å². The molecule has 0 atom stereocenters. The average Bonchev–Trinajstić information content (AvgIpc) is 2.96. The molecule has 17 heavy (non-hydrogen) atoms. The Morgan fingerprint density at radius 2 is 1.88 bits per heavy atom. The summed E-state index contributed by atoms with van der Waals surface area (Å²) >= 11 is 0. The Labute approximate surface area is 96.5 Å². The Morgan fingerprint density at radius 1 is 1.24 bits per heavy atom. The zero-order valence-electron chi connectivity index (χ0n) is 8.96. The molecule has 90 valence electrons. The van der Waals surface area contributed by atoms with Crippen molar-refractivity contribution in [2.45, 2.75) is 24.8 Å². The molecule has 0 unspecified atom stereocenters. The van der Waals surface area contributed by atoms with E-state index in [1.807, 2.05) is 0 Å². The number of nitro groups is 2. The van der Waals surface area contributed by atoms with Gasteiger partial charge in [-0.2, -0.15) is 0 Å². The second kappa shape index (κ2) is 3.77. The fourth-order valence-electron chi connectivity index (χ4n) is 1.70. The van der Waals surface area contributed by atoms with Crippen LogP contribution in [-0.2, 0) is 6.42 Å². The van der Waals surface area contributed by atoms with Gasteiger partial charge in [-0.3, -0.25) is 20.2 Å². The van der Waals surface area contributed by atoms with Gasteiger partial charge in [-0.15, -0.1) is 0 Å². The molecule has 1 saturated carbocycles. The van der Waals surface area contributed by atoms with Crippen LogP contribution in [0.2, 0.25) is 0 Å². The van der Waals surface area contributed by atoms with E-state index in [1.165, 1.54) is 12.1 Å². The van der Waals surface area contributed by atoms with Crippen LogP contribution in [0.4, 0.5) is 11.4 Å². The molecular formula is C10H11N3O4. The van der Waals surface area contributed by atoms with Gasteiger partial charge in [-0.1, -0.05) is 0 Å². The lowest BCUT2D eigenvalue weighted by Crippen LogP contribution is -2.24. The Balaban J connectivity index is 2.37. The number of rotatable bonds is 4. The molecule has 1 aliphatic carbocycles. The number of hydrogen-bond donors (Lipinski definition) is 1. The average molecular weight is 237 g/mol. The molecule has 1 aliphatic rings. The predicted octanol–water partition coefficient (Wildman–Crippen LogP) is 1.54. The first-order chi connectivity index (χ1) is 7.91. The van der Waals surface area contributed by atoms with Crippen LogP contribution in [0.5, 0.6) is 0 Å². The van der Waals surface area contributed by atoms with E-state index in [4.69, 9.17) is 5.73 Å². The van der Waals surface area contributed by atoms with Crippen molar-refractivity contribution in [2.75, 3.05) is 0 Å². The fourth-order valence-corrected chi connectivity index (χ4v) is 1.70. The molecule has 0 heterocycles. The number of benzene rings is 1. The van der Waals surface area contributed by atoms with Gasteiger partial charge in [0.1, 0.15) is 0 Å². The van der Waals surface area contributed by atoms with Gasteiger partial charge in [-0.05, 0) is 25.3 Å². The molecule has 2 N–H and O–H groups in total. The molecule has 7 heteroatoms. The third-order valence-electron chi connectivity index (χ3n) is 2.91. The van der Waals surface area contributed by atoms with Crippen molar-refractivity contribution in [3.05, 3.63) is 44.0 Å². The van der Waals surface area contributed by atoms with Crippen molar-refractivity contribution in [3.8, 4) is 0 Å². The van der Waals surface area contributed by atoms with E-state index in [0.717, 1.165) is 18.9 Å². The molecular weight excluding hydrogens is 226 g/mol. The summed E-state index contributed by atoms with van der Waals surface area (Å²) in [6, 6.07) is 3.68. The Hall–Kier alpha value is -2.02. The minimum atomic E-state index is -0.647. The zero-order chi connectivity index (χ0) is 12.6. The maximum absolute atomic E-state index is 10.8. The first-order valence-electron chi connectivity index (χ1n) is 5.12. The highest BCUT2D eigenvalue weighted by atomic mass is 16.6. The lowest BCUT2D eigenvalue weighted by Gasteiger charge is -2.08. The number of hydrogen-bond acceptors (Lipinski definition) is 5. The molecule has 0 radical (unpaired) electrons.